The number of ether oxygens (including phenoxy) is 1. The minimum atomic E-state index is -0.230. The van der Waals surface area contributed by atoms with Gasteiger partial charge in [-0.25, -0.2) is 0 Å². The van der Waals surface area contributed by atoms with Gasteiger partial charge in [-0.1, -0.05) is 30.6 Å². The maximum atomic E-state index is 9.86. The number of phenolic OH excluding ortho intramolecular Hbond substituents is 1. The van der Waals surface area contributed by atoms with Crippen molar-refractivity contribution in [2.45, 2.75) is 26.9 Å². The third kappa shape index (κ3) is 3.11. The minimum absolute atomic E-state index is 0.00482. The highest BCUT2D eigenvalue weighted by Gasteiger charge is 2.23. The second kappa shape index (κ2) is 6.24. The molecule has 0 fully saturated rings. The number of phenols is 1. The average molecular weight is 297 g/mol. The molecule has 0 aliphatic carbocycles. The second-order valence-electron chi connectivity index (χ2n) is 4.74. The highest BCUT2D eigenvalue weighted by atomic mass is 35.5. The van der Waals surface area contributed by atoms with Gasteiger partial charge in [-0.15, -0.1) is 0 Å². The predicted molar refractivity (Wildman–Crippen MR) is 75.6 cm³/mol. The number of benzene rings is 1. The van der Waals surface area contributed by atoms with Crippen LogP contribution in [0.1, 0.15) is 32.7 Å². The molecular formula is C14H17ClN2O3. The first-order chi connectivity index (χ1) is 9.52. The fraction of sp³-hybridized carbons (Fsp3) is 0.429. The van der Waals surface area contributed by atoms with Crippen LogP contribution < -0.4 is 0 Å². The SMILES string of the molecule is CCOC(c1noc(-c2ccc(Cl)cc2O)n1)C(C)C. The smallest absolute Gasteiger partial charge is 0.261 e. The fourth-order valence-electron chi connectivity index (χ4n) is 1.89. The summed E-state index contributed by atoms with van der Waals surface area (Å²) >= 11 is 5.80. The van der Waals surface area contributed by atoms with Gasteiger partial charge in [0.2, 0.25) is 5.82 Å². The molecule has 0 amide bonds. The Morgan fingerprint density at radius 1 is 1.40 bits per heavy atom. The molecule has 6 heteroatoms. The maximum absolute atomic E-state index is 9.86. The Morgan fingerprint density at radius 3 is 2.75 bits per heavy atom. The lowest BCUT2D eigenvalue weighted by atomic mass is 10.1. The molecular weight excluding hydrogens is 280 g/mol. The van der Waals surface area contributed by atoms with E-state index in [1.165, 1.54) is 6.07 Å². The molecule has 0 saturated heterocycles. The Bertz CT molecular complexity index is 584. The van der Waals surface area contributed by atoms with Crippen LogP contribution in [-0.4, -0.2) is 21.9 Å². The minimum Gasteiger partial charge on any atom is -0.507 e. The van der Waals surface area contributed by atoms with Crippen molar-refractivity contribution >= 4 is 11.6 Å². The summed E-state index contributed by atoms with van der Waals surface area (Å²) in [6, 6.07) is 4.73. The van der Waals surface area contributed by atoms with Gasteiger partial charge >= 0.3 is 0 Å². The number of hydrogen-bond acceptors (Lipinski definition) is 5. The summed E-state index contributed by atoms with van der Waals surface area (Å²) in [5.41, 5.74) is 0.451. The molecule has 1 unspecified atom stereocenters. The molecule has 108 valence electrons. The van der Waals surface area contributed by atoms with Crippen LogP contribution in [0.5, 0.6) is 5.75 Å². The van der Waals surface area contributed by atoms with Crippen LogP contribution >= 0.6 is 11.6 Å². The first kappa shape index (κ1) is 14.8. The lowest BCUT2D eigenvalue weighted by Crippen LogP contribution is -2.12. The van der Waals surface area contributed by atoms with E-state index in [9.17, 15) is 5.11 Å². The Balaban J connectivity index is 2.32. The largest absolute Gasteiger partial charge is 0.507 e. The molecule has 1 aromatic heterocycles. The van der Waals surface area contributed by atoms with Crippen molar-refractivity contribution in [2.75, 3.05) is 6.61 Å². The Hall–Kier alpha value is -1.59. The number of hydrogen-bond donors (Lipinski definition) is 1. The monoisotopic (exact) mass is 296 g/mol. The first-order valence-electron chi connectivity index (χ1n) is 6.47. The van der Waals surface area contributed by atoms with Crippen LogP contribution in [0.2, 0.25) is 5.02 Å². The summed E-state index contributed by atoms with van der Waals surface area (Å²) in [6.45, 7) is 6.53. The van der Waals surface area contributed by atoms with Crippen LogP contribution in [0, 0.1) is 5.92 Å². The first-order valence-corrected chi connectivity index (χ1v) is 6.84. The van der Waals surface area contributed by atoms with Gasteiger partial charge in [-0.05, 0) is 31.0 Å². The molecule has 1 N–H and O–H groups in total. The van der Waals surface area contributed by atoms with Crippen LogP contribution in [0.4, 0.5) is 0 Å². The van der Waals surface area contributed by atoms with E-state index in [1.54, 1.807) is 12.1 Å². The van der Waals surface area contributed by atoms with Gasteiger partial charge in [0.05, 0.1) is 5.56 Å². The van der Waals surface area contributed by atoms with Gasteiger partial charge < -0.3 is 14.4 Å². The average Bonchev–Trinajstić information content (AvgIpc) is 2.84. The zero-order valence-corrected chi connectivity index (χ0v) is 12.4. The topological polar surface area (TPSA) is 68.4 Å². The Morgan fingerprint density at radius 2 is 2.15 bits per heavy atom. The molecule has 0 aliphatic rings. The number of halogens is 1. The van der Waals surface area contributed by atoms with Gasteiger partial charge in [0.15, 0.2) is 0 Å². The van der Waals surface area contributed by atoms with E-state index < -0.39 is 0 Å². The Kier molecular flexibility index (Phi) is 4.62. The summed E-state index contributed by atoms with van der Waals surface area (Å²) in [5.74, 6) is 0.954. The molecule has 0 aliphatic heterocycles. The Labute approximate surface area is 122 Å². The zero-order chi connectivity index (χ0) is 14.7. The molecule has 0 saturated carbocycles. The number of nitrogens with zero attached hydrogens (tertiary/aromatic N) is 2. The summed E-state index contributed by atoms with van der Waals surface area (Å²) in [4.78, 5) is 4.31. The molecule has 0 radical (unpaired) electrons. The molecule has 1 atom stereocenters. The summed E-state index contributed by atoms with van der Waals surface area (Å²) < 4.78 is 10.8. The van der Waals surface area contributed by atoms with E-state index >= 15 is 0 Å². The van der Waals surface area contributed by atoms with Crippen molar-refractivity contribution in [3.05, 3.63) is 29.0 Å². The van der Waals surface area contributed by atoms with Crippen LogP contribution in [0.15, 0.2) is 22.7 Å². The van der Waals surface area contributed by atoms with Gasteiger partial charge in [0.1, 0.15) is 11.9 Å². The van der Waals surface area contributed by atoms with Crippen molar-refractivity contribution in [1.82, 2.24) is 10.1 Å². The molecule has 1 aromatic carbocycles. The molecule has 20 heavy (non-hydrogen) atoms. The van der Waals surface area contributed by atoms with E-state index in [4.69, 9.17) is 20.9 Å². The van der Waals surface area contributed by atoms with Crippen molar-refractivity contribution in [1.29, 1.82) is 0 Å². The molecule has 1 heterocycles. The van der Waals surface area contributed by atoms with Crippen molar-refractivity contribution < 1.29 is 14.4 Å². The van der Waals surface area contributed by atoms with Gasteiger partial charge in [0, 0.05) is 11.6 Å². The van der Waals surface area contributed by atoms with Crippen molar-refractivity contribution in [3.8, 4) is 17.2 Å². The standard InChI is InChI=1S/C14H17ClN2O3/c1-4-19-12(8(2)3)13-16-14(20-17-13)10-6-5-9(15)7-11(10)18/h5-8,12,18H,4H2,1-3H3. The fourth-order valence-corrected chi connectivity index (χ4v) is 2.06. The normalized spacial score (nSPS) is 12.8. The number of aromatic hydroxyl groups is 1. The highest BCUT2D eigenvalue weighted by Crippen LogP contribution is 2.32. The van der Waals surface area contributed by atoms with Gasteiger partial charge in [-0.2, -0.15) is 4.98 Å². The molecule has 5 nitrogen and oxygen atoms in total. The summed E-state index contributed by atoms with van der Waals surface area (Å²) in [6.07, 6.45) is -0.230. The molecule has 2 rings (SSSR count). The van der Waals surface area contributed by atoms with E-state index in [1.807, 2.05) is 20.8 Å². The maximum Gasteiger partial charge on any atom is 0.261 e. The molecule has 0 spiro atoms. The number of aromatic nitrogens is 2. The molecule has 0 bridgehead atoms. The van der Waals surface area contributed by atoms with Crippen LogP contribution in [0.3, 0.4) is 0 Å². The summed E-state index contributed by atoms with van der Waals surface area (Å²) in [5, 5.41) is 14.2. The lowest BCUT2D eigenvalue weighted by molar-refractivity contribution is 0.0217. The van der Waals surface area contributed by atoms with Gasteiger partial charge in [0.25, 0.3) is 5.89 Å². The lowest BCUT2D eigenvalue weighted by Gasteiger charge is -2.16. The zero-order valence-electron chi connectivity index (χ0n) is 11.6. The van der Waals surface area contributed by atoms with Crippen LogP contribution in [-0.2, 0) is 4.74 Å². The third-order valence-corrected chi connectivity index (χ3v) is 3.07. The van der Waals surface area contributed by atoms with Crippen molar-refractivity contribution in [2.24, 2.45) is 5.92 Å². The van der Waals surface area contributed by atoms with E-state index in [0.29, 0.717) is 23.0 Å². The van der Waals surface area contributed by atoms with E-state index in [2.05, 4.69) is 10.1 Å². The van der Waals surface area contributed by atoms with E-state index in [-0.39, 0.29) is 23.7 Å². The quantitative estimate of drug-likeness (QED) is 0.908. The number of rotatable bonds is 5. The van der Waals surface area contributed by atoms with Crippen molar-refractivity contribution in [3.63, 3.8) is 0 Å². The third-order valence-electron chi connectivity index (χ3n) is 2.84. The predicted octanol–water partition coefficient (Wildman–Crippen LogP) is 3.83. The second-order valence-corrected chi connectivity index (χ2v) is 5.18. The molecule has 2 aromatic rings. The summed E-state index contributed by atoms with van der Waals surface area (Å²) in [7, 11) is 0. The van der Waals surface area contributed by atoms with E-state index in [0.717, 1.165) is 0 Å². The van der Waals surface area contributed by atoms with Crippen LogP contribution in [0.25, 0.3) is 11.5 Å². The van der Waals surface area contributed by atoms with Gasteiger partial charge in [-0.3, -0.25) is 0 Å². The highest BCUT2D eigenvalue weighted by molar-refractivity contribution is 6.30.